The molecule has 2 aromatic rings. The largest absolute Gasteiger partial charge is 0.496 e. The molecule has 0 aliphatic carbocycles. The Kier molecular flexibility index (Phi) is 7.14. The number of rotatable bonds is 8. The highest BCUT2D eigenvalue weighted by molar-refractivity contribution is 5.99. The van der Waals surface area contributed by atoms with E-state index in [1.54, 1.807) is 25.1 Å². The average molecular weight is 384 g/mol. The van der Waals surface area contributed by atoms with Gasteiger partial charge in [-0.15, -0.1) is 0 Å². The van der Waals surface area contributed by atoms with Gasteiger partial charge in [-0.05, 0) is 67.8 Å². The molecule has 0 spiro atoms. The number of carboxylic acid groups (broad SMARTS) is 1. The summed E-state index contributed by atoms with van der Waals surface area (Å²) < 4.78 is 10.7. The molecular weight excluding hydrogens is 360 g/mol. The highest BCUT2D eigenvalue weighted by Crippen LogP contribution is 2.21. The third-order valence-electron chi connectivity index (χ3n) is 3.95. The number of aliphatic carboxylic acids is 1. The van der Waals surface area contributed by atoms with Crippen molar-refractivity contribution in [3.8, 4) is 11.5 Å². The molecule has 0 radical (unpaired) electrons. The zero-order chi connectivity index (χ0) is 20.7. The van der Waals surface area contributed by atoms with Crippen molar-refractivity contribution in [2.75, 3.05) is 13.7 Å². The summed E-state index contributed by atoms with van der Waals surface area (Å²) in [5.41, 5.74) is 6.32. The Labute approximate surface area is 164 Å². The number of hydrogen-bond donors (Lipinski definition) is 2. The van der Waals surface area contributed by atoms with Crippen LogP contribution in [-0.2, 0) is 16.0 Å². The monoisotopic (exact) mass is 384 g/mol. The first-order valence-electron chi connectivity index (χ1n) is 8.71. The summed E-state index contributed by atoms with van der Waals surface area (Å²) in [4.78, 5) is 23.0. The van der Waals surface area contributed by atoms with Crippen LogP contribution in [0.4, 0.5) is 0 Å². The molecule has 7 nitrogen and oxygen atoms in total. The van der Waals surface area contributed by atoms with Crippen LogP contribution in [0.15, 0.2) is 41.5 Å². The molecule has 2 aromatic carbocycles. The summed E-state index contributed by atoms with van der Waals surface area (Å²) in [5, 5.41) is 13.1. The molecule has 0 aliphatic heterocycles. The Morgan fingerprint density at radius 1 is 1.11 bits per heavy atom. The molecule has 0 heterocycles. The van der Waals surface area contributed by atoms with Gasteiger partial charge in [0.2, 0.25) is 0 Å². The van der Waals surface area contributed by atoms with E-state index >= 15 is 0 Å². The van der Waals surface area contributed by atoms with Gasteiger partial charge in [0.1, 0.15) is 11.5 Å². The lowest BCUT2D eigenvalue weighted by Gasteiger charge is -2.10. The van der Waals surface area contributed by atoms with Crippen LogP contribution < -0.4 is 14.9 Å². The minimum Gasteiger partial charge on any atom is -0.496 e. The van der Waals surface area contributed by atoms with Crippen molar-refractivity contribution in [1.29, 1.82) is 0 Å². The van der Waals surface area contributed by atoms with Gasteiger partial charge < -0.3 is 14.6 Å². The van der Waals surface area contributed by atoms with Gasteiger partial charge in [-0.3, -0.25) is 9.59 Å². The summed E-state index contributed by atoms with van der Waals surface area (Å²) in [6.07, 6.45) is -0.166. The van der Waals surface area contributed by atoms with Crippen molar-refractivity contribution >= 4 is 17.6 Å². The lowest BCUT2D eigenvalue weighted by Crippen LogP contribution is -2.25. The summed E-state index contributed by atoms with van der Waals surface area (Å²) >= 11 is 0. The zero-order valence-electron chi connectivity index (χ0n) is 16.4. The van der Waals surface area contributed by atoms with Gasteiger partial charge in [0.25, 0.3) is 5.91 Å². The van der Waals surface area contributed by atoms with E-state index in [-0.39, 0.29) is 13.0 Å². The van der Waals surface area contributed by atoms with Gasteiger partial charge in [-0.1, -0.05) is 6.07 Å². The van der Waals surface area contributed by atoms with E-state index in [9.17, 15) is 9.59 Å². The highest BCUT2D eigenvalue weighted by atomic mass is 16.5. The summed E-state index contributed by atoms with van der Waals surface area (Å²) in [6, 6.07) is 10.9. The minimum atomic E-state index is -0.957. The second kappa shape index (κ2) is 9.55. The standard InChI is InChI=1S/C21H24N2O5/c1-13-7-14(2)9-18(8-13)28-12-20(24)23-22-15(3)16-5-6-19(27-4)17(10-16)11-21(25)26/h5-10H,11-12H2,1-4H3,(H,23,24)(H,25,26)/b22-15-. The molecule has 2 N–H and O–H groups in total. The van der Waals surface area contributed by atoms with E-state index in [0.717, 1.165) is 11.1 Å². The molecule has 0 saturated heterocycles. The number of ether oxygens (including phenoxy) is 2. The van der Waals surface area contributed by atoms with Gasteiger partial charge in [-0.2, -0.15) is 5.10 Å². The smallest absolute Gasteiger partial charge is 0.307 e. The number of carboxylic acids is 1. The Hall–Kier alpha value is -3.35. The predicted octanol–water partition coefficient (Wildman–Crippen LogP) is 2.86. The van der Waals surface area contributed by atoms with Crippen LogP contribution in [0.1, 0.15) is 29.2 Å². The first-order chi connectivity index (χ1) is 13.3. The normalized spacial score (nSPS) is 11.1. The van der Waals surface area contributed by atoms with E-state index in [0.29, 0.717) is 28.3 Å². The fourth-order valence-electron chi connectivity index (χ4n) is 2.71. The van der Waals surface area contributed by atoms with E-state index in [2.05, 4.69) is 10.5 Å². The van der Waals surface area contributed by atoms with Crippen molar-refractivity contribution in [2.24, 2.45) is 5.10 Å². The molecule has 0 aliphatic rings. The number of aryl methyl sites for hydroxylation is 2. The first kappa shape index (κ1) is 21.0. The Morgan fingerprint density at radius 3 is 2.39 bits per heavy atom. The number of amides is 1. The number of hydrazone groups is 1. The van der Waals surface area contributed by atoms with Crippen LogP contribution in [-0.4, -0.2) is 36.4 Å². The van der Waals surface area contributed by atoms with Gasteiger partial charge in [-0.25, -0.2) is 5.43 Å². The lowest BCUT2D eigenvalue weighted by molar-refractivity contribution is -0.136. The van der Waals surface area contributed by atoms with Gasteiger partial charge in [0.05, 0.1) is 19.2 Å². The molecule has 28 heavy (non-hydrogen) atoms. The van der Waals surface area contributed by atoms with Crippen LogP contribution >= 0.6 is 0 Å². The maximum absolute atomic E-state index is 12.0. The van der Waals surface area contributed by atoms with Crippen LogP contribution in [0.2, 0.25) is 0 Å². The molecular formula is C21H24N2O5. The number of carbonyl (C=O) groups is 2. The number of hydrogen-bond acceptors (Lipinski definition) is 5. The second-order valence-electron chi connectivity index (χ2n) is 6.44. The number of benzene rings is 2. The number of methoxy groups -OCH3 is 1. The zero-order valence-corrected chi connectivity index (χ0v) is 16.4. The van der Waals surface area contributed by atoms with Gasteiger partial charge >= 0.3 is 5.97 Å². The van der Waals surface area contributed by atoms with Crippen molar-refractivity contribution in [2.45, 2.75) is 27.2 Å². The number of nitrogens with one attached hydrogen (secondary N) is 1. The van der Waals surface area contributed by atoms with Crippen molar-refractivity contribution in [3.05, 3.63) is 58.7 Å². The molecule has 0 unspecified atom stereocenters. The molecule has 0 fully saturated rings. The molecule has 0 atom stereocenters. The molecule has 0 bridgehead atoms. The van der Waals surface area contributed by atoms with Crippen molar-refractivity contribution in [3.63, 3.8) is 0 Å². The van der Waals surface area contributed by atoms with Crippen LogP contribution in [0.3, 0.4) is 0 Å². The fourth-order valence-corrected chi connectivity index (χ4v) is 2.71. The van der Waals surface area contributed by atoms with E-state index in [1.807, 2.05) is 32.0 Å². The van der Waals surface area contributed by atoms with E-state index in [1.165, 1.54) is 7.11 Å². The third-order valence-corrected chi connectivity index (χ3v) is 3.95. The maximum Gasteiger partial charge on any atom is 0.307 e. The topological polar surface area (TPSA) is 97.2 Å². The average Bonchev–Trinajstić information content (AvgIpc) is 2.63. The first-order valence-corrected chi connectivity index (χ1v) is 8.71. The van der Waals surface area contributed by atoms with Crippen LogP contribution in [0.25, 0.3) is 0 Å². The molecule has 148 valence electrons. The van der Waals surface area contributed by atoms with Crippen molar-refractivity contribution < 1.29 is 24.2 Å². The van der Waals surface area contributed by atoms with Crippen LogP contribution in [0.5, 0.6) is 11.5 Å². The van der Waals surface area contributed by atoms with Gasteiger partial charge in [0.15, 0.2) is 6.61 Å². The minimum absolute atomic E-state index is 0.160. The molecule has 0 saturated carbocycles. The Balaban J connectivity index is 2.00. The molecule has 0 aromatic heterocycles. The third kappa shape index (κ3) is 6.12. The van der Waals surface area contributed by atoms with E-state index in [4.69, 9.17) is 14.6 Å². The van der Waals surface area contributed by atoms with Crippen molar-refractivity contribution in [1.82, 2.24) is 5.43 Å². The second-order valence-corrected chi connectivity index (χ2v) is 6.44. The Morgan fingerprint density at radius 2 is 1.79 bits per heavy atom. The van der Waals surface area contributed by atoms with Gasteiger partial charge in [0, 0.05) is 5.56 Å². The maximum atomic E-state index is 12.0. The molecule has 2 rings (SSSR count). The fraction of sp³-hybridized carbons (Fsp3) is 0.286. The predicted molar refractivity (Wildman–Crippen MR) is 106 cm³/mol. The van der Waals surface area contributed by atoms with Crippen LogP contribution in [0, 0.1) is 13.8 Å². The lowest BCUT2D eigenvalue weighted by atomic mass is 10.0. The molecule has 7 heteroatoms. The molecule has 1 amide bonds. The SMILES string of the molecule is COc1ccc(/C(C)=N\NC(=O)COc2cc(C)cc(C)c2)cc1CC(=O)O. The Bertz CT molecular complexity index is 885. The summed E-state index contributed by atoms with van der Waals surface area (Å²) in [5.74, 6) is -0.230. The highest BCUT2D eigenvalue weighted by Gasteiger charge is 2.10. The quantitative estimate of drug-likeness (QED) is 0.539. The number of nitrogens with zero attached hydrogens (tertiary/aromatic N) is 1. The summed E-state index contributed by atoms with van der Waals surface area (Å²) in [7, 11) is 1.48. The number of carbonyl (C=O) groups excluding carboxylic acids is 1. The van der Waals surface area contributed by atoms with E-state index < -0.39 is 11.9 Å². The summed E-state index contributed by atoms with van der Waals surface area (Å²) in [6.45, 7) is 5.48.